The summed E-state index contributed by atoms with van der Waals surface area (Å²) < 4.78 is 2.45. The second-order valence-corrected chi connectivity index (χ2v) is 7.17. The van der Waals surface area contributed by atoms with Crippen molar-refractivity contribution >= 4 is 70.6 Å². The van der Waals surface area contributed by atoms with Gasteiger partial charge in [0, 0.05) is 32.3 Å². The fraction of sp³-hybridized carbons (Fsp3) is 0. The Bertz CT molecular complexity index is 894. The van der Waals surface area contributed by atoms with Crippen molar-refractivity contribution in [3.05, 3.63) is 61.6 Å². The standard InChI is InChI=1S/C16H9Br3N2O/c17-10-6-9(16(22)13(19)7-10)8-21-14-4-3-12(18)11-2-1-5-20-15(11)14/h1-8,22H. The summed E-state index contributed by atoms with van der Waals surface area (Å²) in [6.45, 7) is 0. The number of fused-ring (bicyclic) bond motifs is 1. The molecule has 2 aromatic carbocycles. The minimum absolute atomic E-state index is 0.154. The highest BCUT2D eigenvalue weighted by atomic mass is 79.9. The van der Waals surface area contributed by atoms with Crippen LogP contribution in [0.15, 0.2) is 61.0 Å². The van der Waals surface area contributed by atoms with Gasteiger partial charge >= 0.3 is 0 Å². The van der Waals surface area contributed by atoms with Gasteiger partial charge in [0.25, 0.3) is 0 Å². The summed E-state index contributed by atoms with van der Waals surface area (Å²) in [6.07, 6.45) is 3.36. The van der Waals surface area contributed by atoms with Gasteiger partial charge in [0.05, 0.1) is 15.7 Å². The van der Waals surface area contributed by atoms with Crippen molar-refractivity contribution in [3.63, 3.8) is 0 Å². The number of rotatable bonds is 2. The van der Waals surface area contributed by atoms with Crippen LogP contribution >= 0.6 is 47.8 Å². The molecule has 0 radical (unpaired) electrons. The normalized spacial score (nSPS) is 11.4. The summed E-state index contributed by atoms with van der Waals surface area (Å²) in [5.41, 5.74) is 2.17. The third-order valence-corrected chi connectivity index (χ3v) is 4.85. The first-order valence-corrected chi connectivity index (χ1v) is 8.69. The molecule has 0 spiro atoms. The van der Waals surface area contributed by atoms with Gasteiger partial charge in [-0.3, -0.25) is 9.98 Å². The highest BCUT2D eigenvalue weighted by molar-refractivity contribution is 9.11. The van der Waals surface area contributed by atoms with Gasteiger partial charge in [0.15, 0.2) is 0 Å². The third-order valence-electron chi connectivity index (χ3n) is 3.10. The summed E-state index contributed by atoms with van der Waals surface area (Å²) in [5.74, 6) is 0.154. The number of hydrogen-bond donors (Lipinski definition) is 1. The smallest absolute Gasteiger partial charge is 0.138 e. The van der Waals surface area contributed by atoms with Gasteiger partial charge in [-0.15, -0.1) is 0 Å². The third kappa shape index (κ3) is 3.09. The van der Waals surface area contributed by atoms with Crippen molar-refractivity contribution in [3.8, 4) is 5.75 Å². The molecule has 0 aliphatic carbocycles. The van der Waals surface area contributed by atoms with Gasteiger partial charge in [-0.25, -0.2) is 0 Å². The van der Waals surface area contributed by atoms with E-state index in [1.807, 2.05) is 24.3 Å². The molecule has 0 fully saturated rings. The van der Waals surface area contributed by atoms with E-state index in [0.717, 1.165) is 25.5 Å². The lowest BCUT2D eigenvalue weighted by Crippen LogP contribution is -1.85. The van der Waals surface area contributed by atoms with Crippen molar-refractivity contribution in [1.82, 2.24) is 4.98 Å². The van der Waals surface area contributed by atoms with E-state index in [-0.39, 0.29) is 5.75 Å². The zero-order valence-corrected chi connectivity index (χ0v) is 15.9. The van der Waals surface area contributed by atoms with Crippen LogP contribution in [0.25, 0.3) is 10.9 Å². The van der Waals surface area contributed by atoms with E-state index < -0.39 is 0 Å². The number of hydrogen-bond acceptors (Lipinski definition) is 3. The zero-order chi connectivity index (χ0) is 15.7. The number of phenols is 1. The number of pyridine rings is 1. The minimum Gasteiger partial charge on any atom is -0.506 e. The first-order chi connectivity index (χ1) is 10.6. The summed E-state index contributed by atoms with van der Waals surface area (Å²) in [6, 6.07) is 11.3. The highest BCUT2D eigenvalue weighted by Crippen LogP contribution is 2.33. The number of aliphatic imine (C=N–C) groups is 1. The van der Waals surface area contributed by atoms with E-state index in [1.54, 1.807) is 24.5 Å². The van der Waals surface area contributed by atoms with Crippen molar-refractivity contribution in [2.45, 2.75) is 0 Å². The molecule has 0 saturated heterocycles. The SMILES string of the molecule is Oc1c(Br)cc(Br)cc1C=Nc1ccc(Br)c2cccnc12. The number of phenolic OH excluding ortho intramolecular Hbond substituents is 1. The number of aromatic hydroxyl groups is 1. The van der Waals surface area contributed by atoms with Gasteiger partial charge in [0.2, 0.25) is 0 Å². The molecule has 0 bridgehead atoms. The molecule has 22 heavy (non-hydrogen) atoms. The van der Waals surface area contributed by atoms with E-state index >= 15 is 0 Å². The van der Waals surface area contributed by atoms with Gasteiger partial charge in [-0.2, -0.15) is 0 Å². The summed E-state index contributed by atoms with van der Waals surface area (Å²) in [7, 11) is 0. The lowest BCUT2D eigenvalue weighted by Gasteiger charge is -2.05. The number of nitrogens with zero attached hydrogens (tertiary/aromatic N) is 2. The average Bonchev–Trinajstić information content (AvgIpc) is 2.51. The predicted molar refractivity (Wildman–Crippen MR) is 100 cm³/mol. The topological polar surface area (TPSA) is 45.5 Å². The Kier molecular flexibility index (Phi) is 4.61. The van der Waals surface area contributed by atoms with Gasteiger partial charge in [0.1, 0.15) is 5.75 Å². The number of benzene rings is 2. The molecule has 3 aromatic rings. The van der Waals surface area contributed by atoms with Crippen LogP contribution < -0.4 is 0 Å². The fourth-order valence-electron chi connectivity index (χ4n) is 2.05. The Morgan fingerprint density at radius 3 is 2.68 bits per heavy atom. The van der Waals surface area contributed by atoms with E-state index in [2.05, 4.69) is 57.8 Å². The van der Waals surface area contributed by atoms with Crippen LogP contribution in [0.3, 0.4) is 0 Å². The lowest BCUT2D eigenvalue weighted by molar-refractivity contribution is 0.471. The molecule has 1 aromatic heterocycles. The molecule has 1 N–H and O–H groups in total. The van der Waals surface area contributed by atoms with Crippen molar-refractivity contribution in [2.75, 3.05) is 0 Å². The maximum absolute atomic E-state index is 10.1. The molecule has 3 rings (SSSR count). The molecule has 0 amide bonds. The first kappa shape index (κ1) is 15.6. The molecule has 0 aliphatic heterocycles. The van der Waals surface area contributed by atoms with E-state index in [4.69, 9.17) is 0 Å². The monoisotopic (exact) mass is 482 g/mol. The summed E-state index contributed by atoms with van der Waals surface area (Å²) >= 11 is 10.2. The Morgan fingerprint density at radius 1 is 1.05 bits per heavy atom. The molecule has 0 saturated carbocycles. The molecule has 6 heteroatoms. The van der Waals surface area contributed by atoms with Crippen LogP contribution in [-0.4, -0.2) is 16.3 Å². The van der Waals surface area contributed by atoms with Crippen LogP contribution in [0.4, 0.5) is 5.69 Å². The molecule has 1 heterocycles. The van der Waals surface area contributed by atoms with Gasteiger partial charge in [-0.1, -0.05) is 37.9 Å². The molecular weight excluding hydrogens is 476 g/mol. The van der Waals surface area contributed by atoms with Crippen molar-refractivity contribution < 1.29 is 5.11 Å². The van der Waals surface area contributed by atoms with Crippen LogP contribution in [0.5, 0.6) is 5.75 Å². The summed E-state index contributed by atoms with van der Waals surface area (Å²) in [4.78, 5) is 8.87. The fourth-order valence-corrected chi connectivity index (χ4v) is 3.76. The van der Waals surface area contributed by atoms with Gasteiger partial charge < -0.3 is 5.11 Å². The number of aromatic nitrogens is 1. The predicted octanol–water partition coefficient (Wildman–Crippen LogP) is 5.98. The number of halogens is 3. The maximum atomic E-state index is 10.1. The Morgan fingerprint density at radius 2 is 1.86 bits per heavy atom. The maximum Gasteiger partial charge on any atom is 0.138 e. The second-order valence-electron chi connectivity index (χ2n) is 4.55. The first-order valence-electron chi connectivity index (χ1n) is 6.31. The quantitative estimate of drug-likeness (QED) is 0.455. The lowest BCUT2D eigenvalue weighted by atomic mass is 10.2. The summed E-state index contributed by atoms with van der Waals surface area (Å²) in [5, 5.41) is 11.1. The Balaban J connectivity index is 2.09. The van der Waals surface area contributed by atoms with Crippen molar-refractivity contribution in [1.29, 1.82) is 0 Å². The van der Waals surface area contributed by atoms with Crippen LogP contribution in [0.2, 0.25) is 0 Å². The van der Waals surface area contributed by atoms with E-state index in [1.165, 1.54) is 0 Å². The Labute approximate surface area is 152 Å². The molecule has 0 atom stereocenters. The van der Waals surface area contributed by atoms with Crippen LogP contribution in [-0.2, 0) is 0 Å². The van der Waals surface area contributed by atoms with Crippen molar-refractivity contribution in [2.24, 2.45) is 4.99 Å². The Hall–Kier alpha value is -1.24. The van der Waals surface area contributed by atoms with E-state index in [0.29, 0.717) is 10.0 Å². The van der Waals surface area contributed by atoms with Crippen LogP contribution in [0, 0.1) is 0 Å². The molecule has 0 unspecified atom stereocenters. The second kappa shape index (κ2) is 6.48. The molecule has 3 nitrogen and oxygen atoms in total. The van der Waals surface area contributed by atoms with Gasteiger partial charge in [-0.05, 0) is 46.3 Å². The van der Waals surface area contributed by atoms with E-state index in [9.17, 15) is 5.11 Å². The average molecular weight is 485 g/mol. The highest BCUT2D eigenvalue weighted by Gasteiger charge is 2.07. The molecular formula is C16H9Br3N2O. The molecule has 110 valence electrons. The zero-order valence-electron chi connectivity index (χ0n) is 11.1. The largest absolute Gasteiger partial charge is 0.506 e. The minimum atomic E-state index is 0.154. The molecule has 0 aliphatic rings. The van der Waals surface area contributed by atoms with Crippen LogP contribution in [0.1, 0.15) is 5.56 Å².